The van der Waals surface area contributed by atoms with Crippen molar-refractivity contribution in [3.8, 4) is 5.88 Å². The van der Waals surface area contributed by atoms with E-state index in [4.69, 9.17) is 4.74 Å². The molecule has 0 aliphatic heterocycles. The predicted molar refractivity (Wildman–Crippen MR) is 117 cm³/mol. The summed E-state index contributed by atoms with van der Waals surface area (Å²) in [6.07, 6.45) is -2.11. The number of guanidine groups is 1. The van der Waals surface area contributed by atoms with Gasteiger partial charge in [0.1, 0.15) is 0 Å². The van der Waals surface area contributed by atoms with Gasteiger partial charge < -0.3 is 15.0 Å². The summed E-state index contributed by atoms with van der Waals surface area (Å²) in [6, 6.07) is 7.42. The first-order chi connectivity index (χ1) is 12.9. The van der Waals surface area contributed by atoms with Crippen molar-refractivity contribution in [2.75, 3.05) is 26.7 Å². The Morgan fingerprint density at radius 3 is 2.75 bits per heavy atom. The van der Waals surface area contributed by atoms with Gasteiger partial charge in [-0.2, -0.15) is 13.2 Å². The fraction of sp³-hybridized carbons (Fsp3) is 0.444. The van der Waals surface area contributed by atoms with Crippen LogP contribution in [0.2, 0.25) is 0 Å². The van der Waals surface area contributed by atoms with Crippen molar-refractivity contribution in [3.05, 3.63) is 46.3 Å². The van der Waals surface area contributed by atoms with E-state index in [1.165, 1.54) is 11.1 Å². The highest BCUT2D eigenvalue weighted by atomic mass is 127. The SMILES string of the molecule is CCNC(=NCc1cccnc1OCC(F)(F)F)N(C)CCc1cccs1.I. The minimum atomic E-state index is -4.41. The van der Waals surface area contributed by atoms with Gasteiger partial charge in [-0.05, 0) is 30.9 Å². The highest BCUT2D eigenvalue weighted by molar-refractivity contribution is 14.0. The Hall–Kier alpha value is -1.56. The molecule has 2 rings (SSSR count). The molecule has 0 saturated carbocycles. The number of alkyl halides is 3. The van der Waals surface area contributed by atoms with Crippen molar-refractivity contribution in [3.63, 3.8) is 0 Å². The average molecular weight is 528 g/mol. The maximum Gasteiger partial charge on any atom is 0.422 e. The Labute approximate surface area is 184 Å². The number of thiophene rings is 1. The molecule has 28 heavy (non-hydrogen) atoms. The number of aliphatic imine (C=N–C) groups is 1. The van der Waals surface area contributed by atoms with Crippen LogP contribution in [0.4, 0.5) is 13.2 Å². The minimum Gasteiger partial charge on any atom is -0.468 e. The highest BCUT2D eigenvalue weighted by Gasteiger charge is 2.29. The summed E-state index contributed by atoms with van der Waals surface area (Å²) in [5, 5.41) is 5.24. The molecule has 2 aromatic heterocycles. The summed E-state index contributed by atoms with van der Waals surface area (Å²) in [5.41, 5.74) is 0.504. The Morgan fingerprint density at radius 2 is 2.11 bits per heavy atom. The summed E-state index contributed by atoms with van der Waals surface area (Å²) < 4.78 is 42.0. The lowest BCUT2D eigenvalue weighted by Crippen LogP contribution is -2.39. The summed E-state index contributed by atoms with van der Waals surface area (Å²) in [6.45, 7) is 2.22. The van der Waals surface area contributed by atoms with Crippen LogP contribution in [0.5, 0.6) is 5.88 Å². The molecule has 0 atom stereocenters. The molecule has 0 aromatic carbocycles. The summed E-state index contributed by atoms with van der Waals surface area (Å²) in [5.74, 6) is 0.635. The van der Waals surface area contributed by atoms with Crippen molar-refractivity contribution in [2.45, 2.75) is 26.1 Å². The van der Waals surface area contributed by atoms with Crippen molar-refractivity contribution >= 4 is 41.3 Å². The number of likely N-dealkylation sites (N-methyl/N-ethyl adjacent to an activating group) is 1. The van der Waals surface area contributed by atoms with Crippen LogP contribution in [-0.4, -0.2) is 48.8 Å². The van der Waals surface area contributed by atoms with E-state index >= 15 is 0 Å². The lowest BCUT2D eigenvalue weighted by molar-refractivity contribution is -0.154. The first kappa shape index (κ1) is 24.5. The quantitative estimate of drug-likeness (QED) is 0.315. The van der Waals surface area contributed by atoms with Gasteiger partial charge in [-0.1, -0.05) is 12.1 Å². The first-order valence-corrected chi connectivity index (χ1v) is 9.42. The zero-order valence-corrected chi connectivity index (χ0v) is 18.8. The van der Waals surface area contributed by atoms with E-state index in [1.54, 1.807) is 23.5 Å². The van der Waals surface area contributed by atoms with Crippen molar-refractivity contribution < 1.29 is 17.9 Å². The fourth-order valence-corrected chi connectivity index (χ4v) is 2.99. The number of pyridine rings is 1. The number of rotatable bonds is 8. The van der Waals surface area contributed by atoms with E-state index in [1.807, 2.05) is 30.3 Å². The number of hydrogen-bond acceptors (Lipinski definition) is 4. The number of halogens is 4. The minimum absolute atomic E-state index is 0. The monoisotopic (exact) mass is 528 g/mol. The van der Waals surface area contributed by atoms with E-state index in [2.05, 4.69) is 21.4 Å². The molecule has 2 aromatic rings. The highest BCUT2D eigenvalue weighted by Crippen LogP contribution is 2.20. The Kier molecular flexibility index (Phi) is 10.6. The molecule has 10 heteroatoms. The lowest BCUT2D eigenvalue weighted by Gasteiger charge is -2.22. The van der Waals surface area contributed by atoms with E-state index < -0.39 is 12.8 Å². The first-order valence-electron chi connectivity index (χ1n) is 8.54. The Morgan fingerprint density at radius 1 is 1.32 bits per heavy atom. The van der Waals surface area contributed by atoms with Gasteiger partial charge >= 0.3 is 6.18 Å². The van der Waals surface area contributed by atoms with E-state index in [0.717, 1.165) is 13.0 Å². The molecular weight excluding hydrogens is 504 g/mol. The van der Waals surface area contributed by atoms with Gasteiger partial charge in [0.2, 0.25) is 5.88 Å². The van der Waals surface area contributed by atoms with Gasteiger partial charge in [-0.25, -0.2) is 9.98 Å². The van der Waals surface area contributed by atoms with E-state index in [-0.39, 0.29) is 36.4 Å². The second-order valence-corrected chi connectivity index (χ2v) is 6.82. The van der Waals surface area contributed by atoms with Crippen molar-refractivity contribution in [2.24, 2.45) is 4.99 Å². The standard InChI is InChI=1S/C18H23F3N4OS.HI/c1-3-22-17(25(2)10-8-15-7-5-11-27-15)24-12-14-6-4-9-23-16(14)26-13-18(19,20)21;/h4-7,9,11H,3,8,10,12-13H2,1-2H3,(H,22,24);1H. The molecule has 0 radical (unpaired) electrons. The largest absolute Gasteiger partial charge is 0.468 e. The second kappa shape index (κ2) is 12.1. The average Bonchev–Trinajstić information content (AvgIpc) is 3.15. The maximum atomic E-state index is 12.4. The smallest absolute Gasteiger partial charge is 0.422 e. The number of ether oxygens (including phenoxy) is 1. The van der Waals surface area contributed by atoms with Crippen LogP contribution in [0, 0.1) is 0 Å². The van der Waals surface area contributed by atoms with Gasteiger partial charge in [-0.3, -0.25) is 0 Å². The molecule has 5 nitrogen and oxygen atoms in total. The number of nitrogens with one attached hydrogen (secondary N) is 1. The molecule has 156 valence electrons. The second-order valence-electron chi connectivity index (χ2n) is 5.79. The zero-order valence-electron chi connectivity index (χ0n) is 15.7. The number of nitrogens with zero attached hydrogens (tertiary/aromatic N) is 3. The van der Waals surface area contributed by atoms with Crippen LogP contribution >= 0.6 is 35.3 Å². The van der Waals surface area contributed by atoms with Gasteiger partial charge in [0.05, 0.1) is 6.54 Å². The zero-order chi connectivity index (χ0) is 19.7. The molecule has 0 aliphatic carbocycles. The van der Waals surface area contributed by atoms with Crippen LogP contribution in [0.25, 0.3) is 0 Å². The van der Waals surface area contributed by atoms with Crippen LogP contribution in [0.15, 0.2) is 40.8 Å². The topological polar surface area (TPSA) is 49.8 Å². The third-order valence-electron chi connectivity index (χ3n) is 3.59. The van der Waals surface area contributed by atoms with Crippen LogP contribution < -0.4 is 10.1 Å². The third-order valence-corrected chi connectivity index (χ3v) is 4.53. The van der Waals surface area contributed by atoms with Crippen molar-refractivity contribution in [1.29, 1.82) is 0 Å². The number of hydrogen-bond donors (Lipinski definition) is 1. The molecule has 0 unspecified atom stereocenters. The molecule has 0 bridgehead atoms. The third kappa shape index (κ3) is 8.63. The molecule has 1 N–H and O–H groups in total. The molecular formula is C18H24F3IN4OS. The van der Waals surface area contributed by atoms with Crippen LogP contribution in [0.1, 0.15) is 17.4 Å². The molecule has 0 aliphatic rings. The normalized spacial score (nSPS) is 11.7. The Balaban J connectivity index is 0.00000392. The van der Waals surface area contributed by atoms with Crippen molar-refractivity contribution in [1.82, 2.24) is 15.2 Å². The molecule has 2 heterocycles. The molecule has 0 spiro atoms. The maximum absolute atomic E-state index is 12.4. The van der Waals surface area contributed by atoms with Gasteiger partial charge in [0.15, 0.2) is 12.6 Å². The summed E-state index contributed by atoms with van der Waals surface area (Å²) in [7, 11) is 1.93. The van der Waals surface area contributed by atoms with E-state index in [9.17, 15) is 13.2 Å². The predicted octanol–water partition coefficient (Wildman–Crippen LogP) is 4.34. The van der Waals surface area contributed by atoms with Gasteiger partial charge in [-0.15, -0.1) is 35.3 Å². The summed E-state index contributed by atoms with van der Waals surface area (Å²) >= 11 is 1.71. The van der Waals surface area contributed by atoms with E-state index in [0.29, 0.717) is 18.1 Å². The Bertz CT molecular complexity index is 726. The van der Waals surface area contributed by atoms with Crippen LogP contribution in [0.3, 0.4) is 0 Å². The van der Waals surface area contributed by atoms with Gasteiger partial charge in [0.25, 0.3) is 0 Å². The van der Waals surface area contributed by atoms with Gasteiger partial charge in [0, 0.05) is 36.8 Å². The summed E-state index contributed by atoms with van der Waals surface area (Å²) in [4.78, 5) is 11.7. The fourth-order valence-electron chi connectivity index (χ4n) is 2.29. The molecule has 0 saturated heterocycles. The molecule has 0 amide bonds. The van der Waals surface area contributed by atoms with Crippen LogP contribution in [-0.2, 0) is 13.0 Å². The lowest BCUT2D eigenvalue weighted by atomic mass is 10.3. The number of aromatic nitrogens is 1. The molecule has 0 fully saturated rings.